The standard InChI is InChI=1S/C18H21F3N2O3S/c1-3-23(15-8-6-7-14(2)13-15)12-11-22-27(24,25)17-10-5-4-9-16(17)26-18(19,20)21/h4-10,13,22H,3,11-12H2,1-2H3. The Morgan fingerprint density at radius 2 is 1.81 bits per heavy atom. The van der Waals surface area contributed by atoms with E-state index in [1.165, 1.54) is 12.1 Å². The van der Waals surface area contributed by atoms with E-state index in [-0.39, 0.29) is 6.54 Å². The van der Waals surface area contributed by atoms with Crippen LogP contribution in [0.15, 0.2) is 53.4 Å². The molecular formula is C18H21F3N2O3S. The van der Waals surface area contributed by atoms with Gasteiger partial charge in [0.2, 0.25) is 10.0 Å². The second kappa shape index (κ2) is 8.62. The van der Waals surface area contributed by atoms with Gasteiger partial charge in [-0.15, -0.1) is 13.2 Å². The van der Waals surface area contributed by atoms with E-state index in [1.54, 1.807) is 0 Å². The van der Waals surface area contributed by atoms with Crippen LogP contribution in [0.5, 0.6) is 5.75 Å². The third-order valence-electron chi connectivity index (χ3n) is 3.79. The van der Waals surface area contributed by atoms with Crippen molar-refractivity contribution in [1.29, 1.82) is 0 Å². The zero-order chi connectivity index (χ0) is 20.1. The molecule has 9 heteroatoms. The summed E-state index contributed by atoms with van der Waals surface area (Å²) in [5, 5.41) is 0. The Balaban J connectivity index is 2.09. The molecule has 0 aliphatic carbocycles. The first-order chi connectivity index (χ1) is 12.6. The molecule has 0 saturated heterocycles. The van der Waals surface area contributed by atoms with Gasteiger partial charge in [-0.2, -0.15) is 0 Å². The van der Waals surface area contributed by atoms with Crippen LogP contribution in [-0.4, -0.2) is 34.4 Å². The van der Waals surface area contributed by atoms with Crippen molar-refractivity contribution >= 4 is 15.7 Å². The van der Waals surface area contributed by atoms with E-state index in [1.807, 2.05) is 43.0 Å². The lowest BCUT2D eigenvalue weighted by Crippen LogP contribution is -2.35. The largest absolute Gasteiger partial charge is 0.573 e. The fourth-order valence-electron chi connectivity index (χ4n) is 2.57. The fourth-order valence-corrected chi connectivity index (χ4v) is 3.72. The summed E-state index contributed by atoms with van der Waals surface area (Å²) in [4.78, 5) is 1.41. The van der Waals surface area contributed by atoms with Crippen LogP contribution in [0.3, 0.4) is 0 Å². The van der Waals surface area contributed by atoms with Crippen molar-refractivity contribution < 1.29 is 26.3 Å². The summed E-state index contributed by atoms with van der Waals surface area (Å²) in [5.74, 6) is -0.761. The minimum absolute atomic E-state index is 0.0322. The van der Waals surface area contributed by atoms with Gasteiger partial charge >= 0.3 is 6.36 Å². The number of ether oxygens (including phenoxy) is 1. The predicted molar refractivity (Wildman–Crippen MR) is 97.4 cm³/mol. The van der Waals surface area contributed by atoms with Gasteiger partial charge in [0.15, 0.2) is 0 Å². The minimum atomic E-state index is -4.98. The molecule has 0 radical (unpaired) electrons. The van der Waals surface area contributed by atoms with Gasteiger partial charge in [0.25, 0.3) is 0 Å². The molecule has 0 aliphatic heterocycles. The number of likely N-dealkylation sites (N-methyl/N-ethyl adjacent to an activating group) is 1. The van der Waals surface area contributed by atoms with Gasteiger partial charge in [-0.1, -0.05) is 24.3 Å². The van der Waals surface area contributed by atoms with Crippen LogP contribution in [0.1, 0.15) is 12.5 Å². The Morgan fingerprint density at radius 3 is 2.44 bits per heavy atom. The molecule has 0 amide bonds. The molecule has 0 saturated carbocycles. The lowest BCUT2D eigenvalue weighted by atomic mass is 10.2. The van der Waals surface area contributed by atoms with Crippen LogP contribution in [-0.2, 0) is 10.0 Å². The molecule has 27 heavy (non-hydrogen) atoms. The number of hydrogen-bond donors (Lipinski definition) is 1. The monoisotopic (exact) mass is 402 g/mol. The van der Waals surface area contributed by atoms with Crippen LogP contribution < -0.4 is 14.4 Å². The number of aryl methyl sites for hydroxylation is 1. The number of alkyl halides is 3. The third-order valence-corrected chi connectivity index (χ3v) is 5.29. The topological polar surface area (TPSA) is 58.6 Å². The number of para-hydroxylation sites is 1. The second-order valence-electron chi connectivity index (χ2n) is 5.81. The van der Waals surface area contributed by atoms with E-state index >= 15 is 0 Å². The molecule has 0 unspecified atom stereocenters. The quantitative estimate of drug-likeness (QED) is 0.732. The molecule has 2 aromatic carbocycles. The first-order valence-electron chi connectivity index (χ1n) is 8.28. The van der Waals surface area contributed by atoms with Gasteiger partial charge in [-0.3, -0.25) is 0 Å². The van der Waals surface area contributed by atoms with Gasteiger partial charge in [0.1, 0.15) is 10.6 Å². The molecule has 0 bridgehead atoms. The highest BCUT2D eigenvalue weighted by Crippen LogP contribution is 2.29. The highest BCUT2D eigenvalue weighted by Gasteiger charge is 2.33. The van der Waals surface area contributed by atoms with Crippen molar-refractivity contribution in [2.45, 2.75) is 25.1 Å². The zero-order valence-corrected chi connectivity index (χ0v) is 15.8. The van der Waals surface area contributed by atoms with Crippen LogP contribution in [0.25, 0.3) is 0 Å². The maximum Gasteiger partial charge on any atom is 0.573 e. The van der Waals surface area contributed by atoms with Crippen LogP contribution in [0, 0.1) is 6.92 Å². The van der Waals surface area contributed by atoms with Gasteiger partial charge in [0.05, 0.1) is 0 Å². The summed E-state index contributed by atoms with van der Waals surface area (Å²) in [6.45, 7) is 4.94. The van der Waals surface area contributed by atoms with E-state index in [4.69, 9.17) is 0 Å². The summed E-state index contributed by atoms with van der Waals surface area (Å²) in [6.07, 6.45) is -4.98. The Morgan fingerprint density at radius 1 is 1.11 bits per heavy atom. The molecule has 2 rings (SSSR count). The predicted octanol–water partition coefficient (Wildman–Crippen LogP) is 3.70. The first kappa shape index (κ1) is 21.0. The molecule has 0 heterocycles. The fraction of sp³-hybridized carbons (Fsp3) is 0.333. The molecule has 0 atom stereocenters. The van der Waals surface area contributed by atoms with Crippen molar-refractivity contribution in [2.75, 3.05) is 24.5 Å². The van der Waals surface area contributed by atoms with Crippen LogP contribution in [0.2, 0.25) is 0 Å². The van der Waals surface area contributed by atoms with Crippen molar-refractivity contribution in [3.8, 4) is 5.75 Å². The molecule has 2 aromatic rings. The van der Waals surface area contributed by atoms with Crippen molar-refractivity contribution in [2.24, 2.45) is 0 Å². The smallest absolute Gasteiger partial charge is 0.404 e. The summed E-state index contributed by atoms with van der Waals surface area (Å²) < 4.78 is 68.5. The molecular weight excluding hydrogens is 381 g/mol. The Bertz CT molecular complexity index is 870. The average molecular weight is 402 g/mol. The highest BCUT2D eigenvalue weighted by atomic mass is 32.2. The number of nitrogens with zero attached hydrogens (tertiary/aromatic N) is 1. The Hall–Kier alpha value is -2.26. The minimum Gasteiger partial charge on any atom is -0.404 e. The van der Waals surface area contributed by atoms with Crippen molar-refractivity contribution in [1.82, 2.24) is 4.72 Å². The van der Waals surface area contributed by atoms with Gasteiger partial charge < -0.3 is 9.64 Å². The molecule has 5 nitrogen and oxygen atoms in total. The normalized spacial score (nSPS) is 12.0. The number of benzene rings is 2. The molecule has 0 fully saturated rings. The lowest BCUT2D eigenvalue weighted by molar-refractivity contribution is -0.275. The third kappa shape index (κ3) is 6.14. The lowest BCUT2D eigenvalue weighted by Gasteiger charge is -2.23. The number of rotatable bonds is 8. The maximum absolute atomic E-state index is 12.5. The highest BCUT2D eigenvalue weighted by molar-refractivity contribution is 7.89. The molecule has 0 aromatic heterocycles. The number of sulfonamides is 1. The molecule has 1 N–H and O–H groups in total. The summed E-state index contributed by atoms with van der Waals surface area (Å²) in [5.41, 5.74) is 2.02. The van der Waals surface area contributed by atoms with Crippen molar-refractivity contribution in [3.63, 3.8) is 0 Å². The summed E-state index contributed by atoms with van der Waals surface area (Å²) >= 11 is 0. The molecule has 148 valence electrons. The first-order valence-corrected chi connectivity index (χ1v) is 9.77. The Kier molecular flexibility index (Phi) is 6.72. The van der Waals surface area contributed by atoms with E-state index in [0.717, 1.165) is 23.4 Å². The number of anilines is 1. The second-order valence-corrected chi connectivity index (χ2v) is 7.55. The van der Waals surface area contributed by atoms with Crippen LogP contribution in [0.4, 0.5) is 18.9 Å². The van der Waals surface area contributed by atoms with Gasteiger partial charge in [-0.25, -0.2) is 13.1 Å². The van der Waals surface area contributed by atoms with E-state index in [9.17, 15) is 21.6 Å². The van der Waals surface area contributed by atoms with E-state index in [0.29, 0.717) is 13.1 Å². The number of nitrogens with one attached hydrogen (secondary N) is 1. The number of hydrogen-bond acceptors (Lipinski definition) is 4. The maximum atomic E-state index is 12.5. The average Bonchev–Trinajstić information content (AvgIpc) is 2.57. The van der Waals surface area contributed by atoms with E-state index < -0.39 is 27.0 Å². The Labute approximate surface area is 156 Å². The summed E-state index contributed by atoms with van der Waals surface area (Å²) in [7, 11) is -4.16. The molecule has 0 spiro atoms. The summed E-state index contributed by atoms with van der Waals surface area (Å²) in [6, 6.07) is 12.4. The van der Waals surface area contributed by atoms with Gasteiger partial charge in [-0.05, 0) is 43.7 Å². The van der Waals surface area contributed by atoms with E-state index in [2.05, 4.69) is 9.46 Å². The number of halogens is 3. The SMILES string of the molecule is CCN(CCNS(=O)(=O)c1ccccc1OC(F)(F)F)c1cccc(C)c1. The van der Waals surface area contributed by atoms with Gasteiger partial charge in [0, 0.05) is 25.3 Å². The van der Waals surface area contributed by atoms with Crippen molar-refractivity contribution in [3.05, 3.63) is 54.1 Å². The molecule has 0 aliphatic rings. The van der Waals surface area contributed by atoms with Crippen LogP contribution >= 0.6 is 0 Å². The zero-order valence-electron chi connectivity index (χ0n) is 15.0.